The van der Waals surface area contributed by atoms with Crippen molar-refractivity contribution >= 4 is 16.8 Å². The van der Waals surface area contributed by atoms with E-state index in [-0.39, 0.29) is 5.91 Å². The number of nitrogens with zero attached hydrogens (tertiary/aromatic N) is 1. The van der Waals surface area contributed by atoms with Crippen LogP contribution in [0.1, 0.15) is 29.6 Å². The minimum absolute atomic E-state index is 0.160. The number of hydrogen-bond donors (Lipinski definition) is 2. The molecule has 20 heavy (non-hydrogen) atoms. The third-order valence-corrected chi connectivity index (χ3v) is 4.13. The van der Waals surface area contributed by atoms with Crippen molar-refractivity contribution in [3.05, 3.63) is 36.0 Å². The molecule has 1 amide bonds. The van der Waals surface area contributed by atoms with Gasteiger partial charge < -0.3 is 15.2 Å². The Morgan fingerprint density at radius 1 is 1.40 bits per heavy atom. The maximum Gasteiger partial charge on any atom is 0.254 e. The topological polar surface area (TPSA) is 48.1 Å². The zero-order valence-electron chi connectivity index (χ0n) is 11.9. The maximum atomic E-state index is 12.7. The normalized spacial score (nSPS) is 19.4. The third kappa shape index (κ3) is 2.43. The van der Waals surface area contributed by atoms with Crippen LogP contribution in [0.25, 0.3) is 10.9 Å². The minimum Gasteiger partial charge on any atom is -0.361 e. The van der Waals surface area contributed by atoms with Crippen LogP contribution in [0.4, 0.5) is 0 Å². The van der Waals surface area contributed by atoms with Gasteiger partial charge in [-0.2, -0.15) is 0 Å². The summed E-state index contributed by atoms with van der Waals surface area (Å²) in [6, 6.07) is 8.22. The predicted octanol–water partition coefficient (Wildman–Crippen LogP) is 2.38. The van der Waals surface area contributed by atoms with Gasteiger partial charge >= 0.3 is 0 Å². The highest BCUT2D eigenvalue weighted by Gasteiger charge is 2.26. The summed E-state index contributed by atoms with van der Waals surface area (Å²) in [6.45, 7) is 1.74. The minimum atomic E-state index is 0.160. The van der Waals surface area contributed by atoms with E-state index in [1.54, 1.807) is 0 Å². The quantitative estimate of drug-likeness (QED) is 0.900. The fourth-order valence-electron chi connectivity index (χ4n) is 3.07. The Bertz CT molecular complexity index is 603. The van der Waals surface area contributed by atoms with Gasteiger partial charge in [0.15, 0.2) is 0 Å². The van der Waals surface area contributed by atoms with E-state index in [1.807, 2.05) is 42.4 Å². The Morgan fingerprint density at radius 2 is 2.30 bits per heavy atom. The van der Waals surface area contributed by atoms with Gasteiger partial charge in [0.1, 0.15) is 0 Å². The smallest absolute Gasteiger partial charge is 0.254 e. The van der Waals surface area contributed by atoms with Gasteiger partial charge in [0.2, 0.25) is 0 Å². The molecule has 1 aliphatic rings. The number of carbonyl (C=O) groups excluding carboxylic acids is 1. The van der Waals surface area contributed by atoms with Crippen LogP contribution in [-0.2, 0) is 0 Å². The number of fused-ring (bicyclic) bond motifs is 1. The first-order valence-corrected chi connectivity index (χ1v) is 7.32. The average Bonchev–Trinajstić information content (AvgIpc) is 2.95. The van der Waals surface area contributed by atoms with Crippen molar-refractivity contribution in [2.45, 2.75) is 25.3 Å². The lowest BCUT2D eigenvalue weighted by Crippen LogP contribution is -2.48. The van der Waals surface area contributed by atoms with Gasteiger partial charge in [-0.25, -0.2) is 0 Å². The number of rotatable bonds is 3. The van der Waals surface area contributed by atoms with Crippen LogP contribution in [-0.4, -0.2) is 42.0 Å². The standard InChI is InChI=1S/C16H21N3O/c1-17-11-14-4-2-3-9-19(14)16(20)13-5-6-15-12(10-13)7-8-18-15/h5-8,10,14,17-18H,2-4,9,11H2,1H3. The molecule has 4 heteroatoms. The van der Waals surface area contributed by atoms with E-state index in [0.29, 0.717) is 6.04 Å². The van der Waals surface area contributed by atoms with Gasteiger partial charge in [-0.15, -0.1) is 0 Å². The number of aromatic nitrogens is 1. The van der Waals surface area contributed by atoms with Crippen LogP contribution >= 0.6 is 0 Å². The molecular formula is C16H21N3O. The maximum absolute atomic E-state index is 12.7. The van der Waals surface area contributed by atoms with Crippen LogP contribution in [0.5, 0.6) is 0 Å². The molecule has 2 aromatic rings. The van der Waals surface area contributed by atoms with Crippen molar-refractivity contribution in [1.82, 2.24) is 15.2 Å². The molecule has 4 nitrogen and oxygen atoms in total. The lowest BCUT2D eigenvalue weighted by atomic mass is 10.0. The highest BCUT2D eigenvalue weighted by Crippen LogP contribution is 2.21. The largest absolute Gasteiger partial charge is 0.361 e. The Labute approximate surface area is 119 Å². The monoisotopic (exact) mass is 271 g/mol. The third-order valence-electron chi connectivity index (χ3n) is 4.13. The first-order chi connectivity index (χ1) is 9.79. The first-order valence-electron chi connectivity index (χ1n) is 7.32. The van der Waals surface area contributed by atoms with Crippen LogP contribution in [0.2, 0.25) is 0 Å². The summed E-state index contributed by atoms with van der Waals surface area (Å²) in [5.74, 6) is 0.160. The summed E-state index contributed by atoms with van der Waals surface area (Å²) in [4.78, 5) is 17.9. The van der Waals surface area contributed by atoms with E-state index in [0.717, 1.165) is 42.4 Å². The zero-order valence-corrected chi connectivity index (χ0v) is 11.9. The molecule has 0 spiro atoms. The Balaban J connectivity index is 1.85. The molecule has 0 saturated carbocycles. The predicted molar refractivity (Wildman–Crippen MR) is 80.9 cm³/mol. The molecule has 0 aliphatic carbocycles. The number of likely N-dealkylation sites (tertiary alicyclic amines) is 1. The van der Waals surface area contributed by atoms with Crippen LogP contribution < -0.4 is 5.32 Å². The highest BCUT2D eigenvalue weighted by atomic mass is 16.2. The highest BCUT2D eigenvalue weighted by molar-refractivity contribution is 5.98. The van der Waals surface area contributed by atoms with Gasteiger partial charge in [-0.05, 0) is 50.6 Å². The van der Waals surface area contributed by atoms with E-state index in [1.165, 1.54) is 6.42 Å². The molecule has 1 aromatic carbocycles. The lowest BCUT2D eigenvalue weighted by molar-refractivity contribution is 0.0615. The molecule has 3 rings (SSSR count). The van der Waals surface area contributed by atoms with Crippen molar-refractivity contribution < 1.29 is 4.79 Å². The van der Waals surface area contributed by atoms with Gasteiger partial charge in [0.05, 0.1) is 0 Å². The van der Waals surface area contributed by atoms with E-state index in [4.69, 9.17) is 0 Å². The number of nitrogens with one attached hydrogen (secondary N) is 2. The van der Waals surface area contributed by atoms with E-state index in [2.05, 4.69) is 10.3 Å². The molecule has 2 N–H and O–H groups in total. The lowest BCUT2D eigenvalue weighted by Gasteiger charge is -2.35. The van der Waals surface area contributed by atoms with Crippen LogP contribution in [0.3, 0.4) is 0 Å². The number of carbonyl (C=O) groups is 1. The van der Waals surface area contributed by atoms with Gasteiger partial charge in [0.25, 0.3) is 5.91 Å². The molecule has 106 valence electrons. The van der Waals surface area contributed by atoms with Crippen LogP contribution in [0.15, 0.2) is 30.5 Å². The number of hydrogen-bond acceptors (Lipinski definition) is 2. The fraction of sp³-hybridized carbons (Fsp3) is 0.438. The molecule has 1 unspecified atom stereocenters. The molecule has 1 atom stereocenters. The summed E-state index contributed by atoms with van der Waals surface area (Å²) >= 11 is 0. The molecule has 0 radical (unpaired) electrons. The second-order valence-electron chi connectivity index (χ2n) is 5.49. The van der Waals surface area contributed by atoms with Crippen molar-refractivity contribution in [2.75, 3.05) is 20.1 Å². The second-order valence-corrected chi connectivity index (χ2v) is 5.49. The number of likely N-dealkylation sites (N-methyl/N-ethyl adjacent to an activating group) is 1. The summed E-state index contributed by atoms with van der Waals surface area (Å²) < 4.78 is 0. The number of amides is 1. The van der Waals surface area contributed by atoms with Gasteiger partial charge in [0, 0.05) is 41.8 Å². The number of benzene rings is 1. The molecule has 1 saturated heterocycles. The zero-order chi connectivity index (χ0) is 13.9. The fourth-order valence-corrected chi connectivity index (χ4v) is 3.07. The summed E-state index contributed by atoms with van der Waals surface area (Å²) in [7, 11) is 1.95. The van der Waals surface area contributed by atoms with Gasteiger partial charge in [-0.1, -0.05) is 0 Å². The molecule has 2 heterocycles. The number of piperidine rings is 1. The Morgan fingerprint density at radius 3 is 3.15 bits per heavy atom. The number of H-pyrrole nitrogens is 1. The molecule has 1 aromatic heterocycles. The Hall–Kier alpha value is -1.81. The summed E-state index contributed by atoms with van der Waals surface area (Å²) in [6.07, 6.45) is 5.33. The summed E-state index contributed by atoms with van der Waals surface area (Å²) in [5.41, 5.74) is 1.87. The number of aromatic amines is 1. The van der Waals surface area contributed by atoms with Crippen molar-refractivity contribution in [3.63, 3.8) is 0 Å². The summed E-state index contributed by atoms with van der Waals surface area (Å²) in [5, 5.41) is 4.30. The second kappa shape index (κ2) is 5.67. The first kappa shape index (κ1) is 13.2. The molecule has 1 fully saturated rings. The van der Waals surface area contributed by atoms with E-state index >= 15 is 0 Å². The van der Waals surface area contributed by atoms with Crippen molar-refractivity contribution in [3.8, 4) is 0 Å². The van der Waals surface area contributed by atoms with Crippen molar-refractivity contribution in [1.29, 1.82) is 0 Å². The van der Waals surface area contributed by atoms with Gasteiger partial charge in [-0.3, -0.25) is 4.79 Å². The average molecular weight is 271 g/mol. The van der Waals surface area contributed by atoms with Crippen LogP contribution in [0, 0.1) is 0 Å². The molecule has 0 bridgehead atoms. The van der Waals surface area contributed by atoms with E-state index in [9.17, 15) is 4.79 Å². The van der Waals surface area contributed by atoms with E-state index < -0.39 is 0 Å². The Kier molecular flexibility index (Phi) is 3.74. The molecular weight excluding hydrogens is 250 g/mol. The SMILES string of the molecule is CNCC1CCCCN1C(=O)c1ccc2[nH]ccc2c1. The molecule has 1 aliphatic heterocycles. The van der Waals surface area contributed by atoms with Crippen molar-refractivity contribution in [2.24, 2.45) is 0 Å².